The summed E-state index contributed by atoms with van der Waals surface area (Å²) in [5, 5.41) is 6.76. The topological polar surface area (TPSA) is 58.1 Å². The average Bonchev–Trinajstić information content (AvgIpc) is 2.91. The number of hydrogen-bond donors (Lipinski definition) is 2. The van der Waals surface area contributed by atoms with E-state index in [4.69, 9.17) is 14.5 Å². The minimum atomic E-state index is 0.616. The lowest BCUT2D eigenvalue weighted by atomic mass is 9.97. The van der Waals surface area contributed by atoms with Crippen molar-refractivity contribution in [1.82, 2.24) is 10.2 Å². The van der Waals surface area contributed by atoms with Gasteiger partial charge in [0.25, 0.3) is 0 Å². The number of ether oxygens (including phenoxy) is 2. The average molecular weight is 375 g/mol. The number of piperidine rings is 1. The van der Waals surface area contributed by atoms with Crippen molar-refractivity contribution in [3.8, 4) is 11.5 Å². The van der Waals surface area contributed by atoms with Gasteiger partial charge in [0.15, 0.2) is 17.5 Å². The van der Waals surface area contributed by atoms with Gasteiger partial charge in [-0.05, 0) is 58.2 Å². The number of guanidine groups is 1. The van der Waals surface area contributed by atoms with Crippen LogP contribution in [-0.2, 0) is 0 Å². The van der Waals surface area contributed by atoms with Crippen molar-refractivity contribution in [3.63, 3.8) is 0 Å². The van der Waals surface area contributed by atoms with Crippen molar-refractivity contribution in [2.24, 2.45) is 10.9 Å². The largest absolute Gasteiger partial charge is 0.490 e. The Balaban J connectivity index is 1.63. The van der Waals surface area contributed by atoms with Crippen molar-refractivity contribution in [3.05, 3.63) is 18.2 Å². The lowest BCUT2D eigenvalue weighted by Crippen LogP contribution is -2.41. The van der Waals surface area contributed by atoms with Gasteiger partial charge in [0, 0.05) is 43.9 Å². The van der Waals surface area contributed by atoms with Gasteiger partial charge in [-0.2, -0.15) is 0 Å². The van der Waals surface area contributed by atoms with Crippen molar-refractivity contribution in [1.29, 1.82) is 0 Å². The molecule has 1 unspecified atom stereocenters. The molecule has 0 bridgehead atoms. The molecule has 6 nitrogen and oxygen atoms in total. The van der Waals surface area contributed by atoms with Gasteiger partial charge in [-0.15, -0.1) is 0 Å². The maximum Gasteiger partial charge on any atom is 0.195 e. The Hall–Kier alpha value is -1.95. The first-order valence-electron chi connectivity index (χ1n) is 10.3. The molecular formula is C21H34N4O2. The quantitative estimate of drug-likeness (QED) is 0.611. The van der Waals surface area contributed by atoms with E-state index in [0.717, 1.165) is 49.2 Å². The van der Waals surface area contributed by atoms with E-state index in [1.165, 1.54) is 19.4 Å². The van der Waals surface area contributed by atoms with E-state index < -0.39 is 0 Å². The number of rotatable bonds is 5. The molecule has 150 valence electrons. The smallest absolute Gasteiger partial charge is 0.195 e. The minimum absolute atomic E-state index is 0.616. The Kier molecular flexibility index (Phi) is 7.21. The van der Waals surface area contributed by atoms with E-state index in [9.17, 15) is 0 Å². The zero-order valence-electron chi connectivity index (χ0n) is 17.0. The zero-order chi connectivity index (χ0) is 19.1. The summed E-state index contributed by atoms with van der Waals surface area (Å²) >= 11 is 0. The van der Waals surface area contributed by atoms with Crippen LogP contribution in [0.3, 0.4) is 0 Å². The number of hydrogen-bond acceptors (Lipinski definition) is 4. The van der Waals surface area contributed by atoms with Crippen molar-refractivity contribution >= 4 is 11.6 Å². The summed E-state index contributed by atoms with van der Waals surface area (Å²) in [6.07, 6.45) is 3.44. The number of likely N-dealkylation sites (tertiary alicyclic amines) is 1. The molecule has 3 rings (SSSR count). The van der Waals surface area contributed by atoms with Crippen molar-refractivity contribution in [2.45, 2.75) is 46.1 Å². The third kappa shape index (κ3) is 5.76. The second kappa shape index (κ2) is 9.83. The molecule has 1 saturated heterocycles. The molecule has 0 amide bonds. The highest BCUT2D eigenvalue weighted by atomic mass is 16.5. The Morgan fingerprint density at radius 3 is 2.81 bits per heavy atom. The molecule has 1 aromatic carbocycles. The zero-order valence-corrected chi connectivity index (χ0v) is 17.0. The summed E-state index contributed by atoms with van der Waals surface area (Å²) < 4.78 is 11.5. The van der Waals surface area contributed by atoms with Crippen LogP contribution in [0, 0.1) is 5.92 Å². The van der Waals surface area contributed by atoms with Gasteiger partial charge in [-0.1, -0.05) is 0 Å². The van der Waals surface area contributed by atoms with Crippen LogP contribution in [0.15, 0.2) is 23.2 Å². The fourth-order valence-corrected chi connectivity index (χ4v) is 3.62. The molecular weight excluding hydrogens is 340 g/mol. The summed E-state index contributed by atoms with van der Waals surface area (Å²) in [5.41, 5.74) is 0.964. The van der Waals surface area contributed by atoms with Crippen LogP contribution in [0.5, 0.6) is 11.5 Å². The Morgan fingerprint density at radius 2 is 2.04 bits per heavy atom. The molecule has 6 heteroatoms. The standard InChI is InChI=1S/C21H34N4O2/c1-4-22-21(23-14-17-7-5-10-25(15-17)16(2)3)24-18-8-9-19-20(13-18)27-12-6-11-26-19/h8-9,13,16-17H,4-7,10-12,14-15H2,1-3H3,(H2,22,23,24). The third-order valence-corrected chi connectivity index (χ3v) is 5.14. The maximum atomic E-state index is 5.79. The van der Waals surface area contributed by atoms with Crippen LogP contribution in [0.25, 0.3) is 0 Å². The Morgan fingerprint density at radius 1 is 1.22 bits per heavy atom. The van der Waals surface area contributed by atoms with E-state index in [0.29, 0.717) is 25.2 Å². The summed E-state index contributed by atoms with van der Waals surface area (Å²) in [5.74, 6) is 3.07. The first kappa shape index (κ1) is 19.8. The van der Waals surface area contributed by atoms with Gasteiger partial charge in [0.1, 0.15) is 0 Å². The third-order valence-electron chi connectivity index (χ3n) is 5.14. The molecule has 1 atom stereocenters. The van der Waals surface area contributed by atoms with Crippen LogP contribution in [0.4, 0.5) is 5.69 Å². The van der Waals surface area contributed by atoms with Crippen molar-refractivity contribution < 1.29 is 9.47 Å². The van der Waals surface area contributed by atoms with Gasteiger partial charge in [0.05, 0.1) is 13.2 Å². The molecule has 0 aliphatic carbocycles. The van der Waals surface area contributed by atoms with Gasteiger partial charge in [-0.25, -0.2) is 0 Å². The fourth-order valence-electron chi connectivity index (χ4n) is 3.62. The molecule has 2 N–H and O–H groups in total. The highest BCUT2D eigenvalue weighted by molar-refractivity contribution is 5.93. The number of nitrogens with zero attached hydrogens (tertiary/aromatic N) is 2. The number of fused-ring (bicyclic) bond motifs is 1. The van der Waals surface area contributed by atoms with Gasteiger partial charge < -0.3 is 25.0 Å². The predicted octanol–water partition coefficient (Wildman–Crippen LogP) is 3.35. The lowest BCUT2D eigenvalue weighted by Gasteiger charge is -2.34. The molecule has 0 aromatic heterocycles. The number of benzene rings is 1. The SMILES string of the molecule is CCNC(=NCC1CCCN(C(C)C)C1)Nc1ccc2c(c1)OCCCO2. The molecule has 1 aromatic rings. The molecule has 0 saturated carbocycles. The second-order valence-electron chi connectivity index (χ2n) is 7.65. The minimum Gasteiger partial charge on any atom is -0.490 e. The van der Waals surface area contributed by atoms with Gasteiger partial charge >= 0.3 is 0 Å². The molecule has 27 heavy (non-hydrogen) atoms. The predicted molar refractivity (Wildman–Crippen MR) is 111 cm³/mol. The van der Waals surface area contributed by atoms with Crippen molar-refractivity contribution in [2.75, 3.05) is 44.7 Å². The van der Waals surface area contributed by atoms with Crippen LogP contribution in [0.1, 0.15) is 40.0 Å². The first-order valence-corrected chi connectivity index (χ1v) is 10.3. The summed E-state index contributed by atoms with van der Waals surface area (Å²) in [6, 6.07) is 6.59. The molecule has 2 aliphatic rings. The Bertz CT molecular complexity index is 633. The highest BCUT2D eigenvalue weighted by Gasteiger charge is 2.21. The normalized spacial score (nSPS) is 21.0. The van der Waals surface area contributed by atoms with E-state index in [-0.39, 0.29) is 0 Å². The monoisotopic (exact) mass is 374 g/mol. The number of nitrogens with one attached hydrogen (secondary N) is 2. The molecule has 2 heterocycles. The van der Waals surface area contributed by atoms with E-state index in [1.807, 2.05) is 18.2 Å². The second-order valence-corrected chi connectivity index (χ2v) is 7.65. The lowest BCUT2D eigenvalue weighted by molar-refractivity contribution is 0.143. The molecule has 0 radical (unpaired) electrons. The highest BCUT2D eigenvalue weighted by Crippen LogP contribution is 2.32. The Labute approximate surface area is 163 Å². The molecule has 1 fully saturated rings. The van der Waals surface area contributed by atoms with E-state index in [2.05, 4.69) is 36.3 Å². The molecule has 0 spiro atoms. The molecule has 2 aliphatic heterocycles. The van der Waals surface area contributed by atoms with E-state index >= 15 is 0 Å². The first-order chi connectivity index (χ1) is 13.2. The van der Waals surface area contributed by atoms with Crippen LogP contribution in [-0.4, -0.2) is 56.3 Å². The summed E-state index contributed by atoms with van der Waals surface area (Å²) in [4.78, 5) is 7.42. The van der Waals surface area contributed by atoms with E-state index in [1.54, 1.807) is 0 Å². The summed E-state index contributed by atoms with van der Waals surface area (Å²) in [7, 11) is 0. The van der Waals surface area contributed by atoms with Crippen LogP contribution in [0.2, 0.25) is 0 Å². The summed E-state index contributed by atoms with van der Waals surface area (Å²) in [6.45, 7) is 12.1. The van der Waals surface area contributed by atoms with Gasteiger partial charge in [0.2, 0.25) is 0 Å². The fraction of sp³-hybridized carbons (Fsp3) is 0.667. The number of anilines is 1. The number of aliphatic imine (C=N–C) groups is 1. The van der Waals surface area contributed by atoms with Gasteiger partial charge in [-0.3, -0.25) is 4.99 Å². The maximum absolute atomic E-state index is 5.79. The van der Waals surface area contributed by atoms with Crippen LogP contribution >= 0.6 is 0 Å². The van der Waals surface area contributed by atoms with Crippen LogP contribution < -0.4 is 20.1 Å².